The van der Waals surface area contributed by atoms with E-state index < -0.39 is 17.5 Å². The molecule has 0 saturated carbocycles. The van der Waals surface area contributed by atoms with E-state index in [-0.39, 0.29) is 11.5 Å². The molecule has 0 heterocycles. The van der Waals surface area contributed by atoms with Crippen LogP contribution in [0.4, 0.5) is 13.2 Å². The predicted octanol–water partition coefficient (Wildman–Crippen LogP) is 3.54. The van der Waals surface area contributed by atoms with Crippen LogP contribution in [0.15, 0.2) is 6.07 Å². The molecule has 0 bridgehead atoms. The van der Waals surface area contributed by atoms with Crippen LogP contribution in [0, 0.1) is 24.4 Å². The minimum Gasteiger partial charge on any atom is -0.204 e. The normalized spacial score (nSPS) is 11.0. The highest BCUT2D eigenvalue weighted by atomic mass is 19.2. The second-order valence-corrected chi connectivity index (χ2v) is 3.36. The highest BCUT2D eigenvalue weighted by molar-refractivity contribution is 5.31. The Balaban J connectivity index is 3.41. The van der Waals surface area contributed by atoms with Gasteiger partial charge in [0.15, 0.2) is 17.5 Å². The molecule has 0 aliphatic carbocycles. The Morgan fingerprint density at radius 2 is 1.62 bits per heavy atom. The van der Waals surface area contributed by atoms with Crippen LogP contribution in [0.3, 0.4) is 0 Å². The van der Waals surface area contributed by atoms with Gasteiger partial charge in [0.25, 0.3) is 0 Å². The molecule has 0 aliphatic heterocycles. The van der Waals surface area contributed by atoms with Crippen molar-refractivity contribution in [1.82, 2.24) is 0 Å². The SMILES string of the molecule is Cc1c(C(C)C)cc(F)c(F)c1F. The summed E-state index contributed by atoms with van der Waals surface area (Å²) >= 11 is 0. The van der Waals surface area contributed by atoms with Gasteiger partial charge in [-0.05, 0) is 30.0 Å². The number of hydrogen-bond donors (Lipinski definition) is 0. The van der Waals surface area contributed by atoms with Crippen LogP contribution in [0.25, 0.3) is 0 Å². The number of hydrogen-bond acceptors (Lipinski definition) is 0. The van der Waals surface area contributed by atoms with Crippen molar-refractivity contribution in [3.8, 4) is 0 Å². The van der Waals surface area contributed by atoms with Gasteiger partial charge in [0, 0.05) is 0 Å². The molecule has 1 rings (SSSR count). The Morgan fingerprint density at radius 3 is 2.08 bits per heavy atom. The molecule has 72 valence electrons. The topological polar surface area (TPSA) is 0 Å². The van der Waals surface area contributed by atoms with Gasteiger partial charge >= 0.3 is 0 Å². The Bertz CT molecular complexity index is 329. The molecular formula is C10H11F3. The molecule has 0 spiro atoms. The van der Waals surface area contributed by atoms with E-state index in [4.69, 9.17) is 0 Å². The number of rotatable bonds is 1. The van der Waals surface area contributed by atoms with E-state index in [2.05, 4.69) is 0 Å². The Labute approximate surface area is 75.4 Å². The van der Waals surface area contributed by atoms with Crippen LogP contribution in [-0.4, -0.2) is 0 Å². The molecule has 0 aromatic heterocycles. The zero-order valence-electron chi connectivity index (χ0n) is 7.79. The monoisotopic (exact) mass is 188 g/mol. The van der Waals surface area contributed by atoms with Crippen LogP contribution in [0.5, 0.6) is 0 Å². The van der Waals surface area contributed by atoms with Crippen LogP contribution < -0.4 is 0 Å². The zero-order chi connectivity index (χ0) is 10.2. The minimum atomic E-state index is -1.39. The third kappa shape index (κ3) is 1.69. The van der Waals surface area contributed by atoms with Crippen LogP contribution in [0.1, 0.15) is 30.9 Å². The standard InChI is InChI=1S/C10H11F3/c1-5(2)7-4-8(11)10(13)9(12)6(7)3/h4-5H,1-3H3. The summed E-state index contributed by atoms with van der Waals surface area (Å²) in [6.07, 6.45) is 0. The van der Waals surface area contributed by atoms with Gasteiger partial charge in [-0.25, -0.2) is 13.2 Å². The molecule has 0 saturated heterocycles. The van der Waals surface area contributed by atoms with E-state index in [1.165, 1.54) is 6.92 Å². The fourth-order valence-corrected chi connectivity index (χ4v) is 1.30. The summed E-state index contributed by atoms with van der Waals surface area (Å²) in [5, 5.41) is 0. The lowest BCUT2D eigenvalue weighted by atomic mass is 9.97. The van der Waals surface area contributed by atoms with Crippen LogP contribution in [-0.2, 0) is 0 Å². The van der Waals surface area contributed by atoms with Crippen molar-refractivity contribution in [1.29, 1.82) is 0 Å². The van der Waals surface area contributed by atoms with Gasteiger partial charge in [-0.1, -0.05) is 13.8 Å². The van der Waals surface area contributed by atoms with Gasteiger partial charge < -0.3 is 0 Å². The molecule has 13 heavy (non-hydrogen) atoms. The molecular weight excluding hydrogens is 177 g/mol. The van der Waals surface area contributed by atoms with E-state index in [1.54, 1.807) is 13.8 Å². The highest BCUT2D eigenvalue weighted by Gasteiger charge is 2.16. The molecule has 0 fully saturated rings. The predicted molar refractivity (Wildman–Crippen MR) is 45.1 cm³/mol. The average molecular weight is 188 g/mol. The fraction of sp³-hybridized carbons (Fsp3) is 0.400. The van der Waals surface area contributed by atoms with Gasteiger partial charge in [-0.15, -0.1) is 0 Å². The van der Waals surface area contributed by atoms with Crippen LogP contribution in [0.2, 0.25) is 0 Å². The zero-order valence-corrected chi connectivity index (χ0v) is 7.79. The summed E-state index contributed by atoms with van der Waals surface area (Å²) in [5.74, 6) is -3.60. The molecule has 0 aliphatic rings. The molecule has 0 atom stereocenters. The van der Waals surface area contributed by atoms with Crippen molar-refractivity contribution in [2.75, 3.05) is 0 Å². The van der Waals surface area contributed by atoms with E-state index in [0.29, 0.717) is 5.56 Å². The highest BCUT2D eigenvalue weighted by Crippen LogP contribution is 2.24. The third-order valence-electron chi connectivity index (χ3n) is 2.07. The smallest absolute Gasteiger partial charge is 0.194 e. The van der Waals surface area contributed by atoms with E-state index in [9.17, 15) is 13.2 Å². The second-order valence-electron chi connectivity index (χ2n) is 3.36. The lowest BCUT2D eigenvalue weighted by Crippen LogP contribution is -2.01. The molecule has 0 radical (unpaired) electrons. The fourth-order valence-electron chi connectivity index (χ4n) is 1.30. The molecule has 0 nitrogen and oxygen atoms in total. The van der Waals surface area contributed by atoms with Gasteiger partial charge in [0.05, 0.1) is 0 Å². The molecule has 3 heteroatoms. The third-order valence-corrected chi connectivity index (χ3v) is 2.07. The molecule has 0 N–H and O–H groups in total. The quantitative estimate of drug-likeness (QED) is 0.591. The van der Waals surface area contributed by atoms with Gasteiger partial charge in [0.1, 0.15) is 0 Å². The van der Waals surface area contributed by atoms with Gasteiger partial charge in [-0.3, -0.25) is 0 Å². The van der Waals surface area contributed by atoms with Crippen molar-refractivity contribution < 1.29 is 13.2 Å². The molecule has 0 amide bonds. The maximum Gasteiger partial charge on any atom is 0.194 e. The summed E-state index contributed by atoms with van der Waals surface area (Å²) in [6.45, 7) is 5.06. The molecule has 0 unspecified atom stereocenters. The number of halogens is 3. The lowest BCUT2D eigenvalue weighted by Gasteiger charge is -2.11. The first kappa shape index (κ1) is 10.1. The Hall–Kier alpha value is -0.990. The minimum absolute atomic E-state index is 0.00963. The Kier molecular flexibility index (Phi) is 2.64. The van der Waals surface area contributed by atoms with E-state index in [1.807, 2.05) is 0 Å². The largest absolute Gasteiger partial charge is 0.204 e. The first-order valence-corrected chi connectivity index (χ1v) is 4.09. The summed E-state index contributed by atoms with van der Waals surface area (Å²) in [6, 6.07) is 1.05. The van der Waals surface area contributed by atoms with Crippen molar-refractivity contribution in [2.24, 2.45) is 0 Å². The van der Waals surface area contributed by atoms with Gasteiger partial charge in [0.2, 0.25) is 0 Å². The molecule has 1 aromatic rings. The van der Waals surface area contributed by atoms with Crippen molar-refractivity contribution in [2.45, 2.75) is 26.7 Å². The Morgan fingerprint density at radius 1 is 1.08 bits per heavy atom. The number of benzene rings is 1. The molecule has 1 aromatic carbocycles. The summed E-state index contributed by atoms with van der Waals surface area (Å²) in [5.41, 5.74) is 0.699. The van der Waals surface area contributed by atoms with Gasteiger partial charge in [-0.2, -0.15) is 0 Å². The van der Waals surface area contributed by atoms with Crippen molar-refractivity contribution in [3.05, 3.63) is 34.6 Å². The average Bonchev–Trinajstić information content (AvgIpc) is 2.07. The van der Waals surface area contributed by atoms with Crippen LogP contribution >= 0.6 is 0 Å². The van der Waals surface area contributed by atoms with E-state index in [0.717, 1.165) is 6.07 Å². The maximum absolute atomic E-state index is 13.0. The maximum atomic E-state index is 13.0. The summed E-state index contributed by atoms with van der Waals surface area (Å²) < 4.78 is 38.4. The van der Waals surface area contributed by atoms with Crippen molar-refractivity contribution >= 4 is 0 Å². The first-order valence-electron chi connectivity index (χ1n) is 4.09. The lowest BCUT2D eigenvalue weighted by molar-refractivity contribution is 0.440. The first-order chi connectivity index (χ1) is 5.95. The second kappa shape index (κ2) is 3.40. The summed E-state index contributed by atoms with van der Waals surface area (Å²) in [4.78, 5) is 0. The van der Waals surface area contributed by atoms with E-state index >= 15 is 0 Å². The van der Waals surface area contributed by atoms with Crippen molar-refractivity contribution in [3.63, 3.8) is 0 Å². The summed E-state index contributed by atoms with van der Waals surface area (Å²) in [7, 11) is 0.